The third kappa shape index (κ3) is 4.45. The van der Waals surface area contributed by atoms with Crippen LogP contribution in [0.1, 0.15) is 63.3 Å². The highest BCUT2D eigenvalue weighted by atomic mass is 35.5. The highest BCUT2D eigenvalue weighted by molar-refractivity contribution is 6.34. The summed E-state index contributed by atoms with van der Waals surface area (Å²) in [7, 11) is 1.90. The molecule has 3 rings (SSSR count). The number of hydrogen-bond donors (Lipinski definition) is 1. The summed E-state index contributed by atoms with van der Waals surface area (Å²) in [6.07, 6.45) is 7.50. The average Bonchev–Trinajstić information content (AvgIpc) is 3.11. The molecular formula is C17H25ClN2O. The maximum Gasteiger partial charge on any atom is 0.198 e. The first-order valence-corrected chi connectivity index (χ1v) is 8.23. The first kappa shape index (κ1) is 16.3. The monoisotopic (exact) mass is 308 g/mol. The maximum absolute atomic E-state index is 6.15. The van der Waals surface area contributed by atoms with Crippen LogP contribution in [0.2, 0.25) is 5.02 Å². The van der Waals surface area contributed by atoms with E-state index in [0.717, 1.165) is 23.5 Å². The van der Waals surface area contributed by atoms with E-state index in [1.807, 2.05) is 33.0 Å². The highest BCUT2D eigenvalue weighted by Crippen LogP contribution is 2.28. The Balaban J connectivity index is 0.000000272. The third-order valence-electron chi connectivity index (χ3n) is 3.65. The smallest absolute Gasteiger partial charge is 0.198 e. The largest absolute Gasteiger partial charge is 0.439 e. The van der Waals surface area contributed by atoms with Crippen molar-refractivity contribution >= 4 is 22.7 Å². The van der Waals surface area contributed by atoms with E-state index < -0.39 is 0 Å². The summed E-state index contributed by atoms with van der Waals surface area (Å²) in [5, 5.41) is 3.72. The molecule has 4 heteroatoms. The van der Waals surface area contributed by atoms with Gasteiger partial charge in [0.25, 0.3) is 0 Å². The second-order valence-electron chi connectivity index (χ2n) is 5.93. The van der Waals surface area contributed by atoms with Crippen LogP contribution < -0.4 is 5.32 Å². The molecule has 1 fully saturated rings. The van der Waals surface area contributed by atoms with E-state index in [2.05, 4.69) is 10.3 Å². The van der Waals surface area contributed by atoms with Gasteiger partial charge in [-0.15, -0.1) is 0 Å². The first-order valence-electron chi connectivity index (χ1n) is 7.85. The minimum absolute atomic E-state index is 0.274. The van der Waals surface area contributed by atoms with Gasteiger partial charge in [-0.25, -0.2) is 4.98 Å². The van der Waals surface area contributed by atoms with Crippen molar-refractivity contribution < 1.29 is 4.42 Å². The molecule has 0 bridgehead atoms. The van der Waals surface area contributed by atoms with Crippen LogP contribution in [0.15, 0.2) is 16.5 Å². The van der Waals surface area contributed by atoms with Crippen molar-refractivity contribution in [2.75, 3.05) is 7.05 Å². The number of fused-ring (bicyclic) bond motifs is 1. The third-order valence-corrected chi connectivity index (χ3v) is 3.93. The molecule has 2 aromatic rings. The quantitative estimate of drug-likeness (QED) is 0.839. The molecule has 0 spiro atoms. The van der Waals surface area contributed by atoms with Crippen molar-refractivity contribution in [3.63, 3.8) is 0 Å². The highest BCUT2D eigenvalue weighted by Gasteiger charge is 2.12. The lowest BCUT2D eigenvalue weighted by Crippen LogP contribution is -2.04. The van der Waals surface area contributed by atoms with Crippen LogP contribution in [0.3, 0.4) is 0 Å². The number of oxazole rings is 1. The van der Waals surface area contributed by atoms with Crippen molar-refractivity contribution in [1.82, 2.24) is 10.3 Å². The van der Waals surface area contributed by atoms with Crippen molar-refractivity contribution in [3.05, 3.63) is 28.6 Å². The molecule has 0 atom stereocenters. The lowest BCUT2D eigenvalue weighted by atomic mass is 10.2. The lowest BCUT2D eigenvalue weighted by molar-refractivity contribution is 0.501. The molecule has 3 nitrogen and oxygen atoms in total. The second kappa shape index (κ2) is 7.81. The van der Waals surface area contributed by atoms with Gasteiger partial charge in [0, 0.05) is 12.5 Å². The molecule has 1 aromatic carbocycles. The molecular weight excluding hydrogens is 284 g/mol. The summed E-state index contributed by atoms with van der Waals surface area (Å²) in [6.45, 7) is 4.87. The van der Waals surface area contributed by atoms with E-state index in [1.54, 1.807) is 0 Å². The fourth-order valence-electron chi connectivity index (χ4n) is 2.50. The molecule has 0 aliphatic heterocycles. The van der Waals surface area contributed by atoms with Gasteiger partial charge < -0.3 is 9.73 Å². The molecule has 1 aromatic heterocycles. The van der Waals surface area contributed by atoms with Gasteiger partial charge in [-0.2, -0.15) is 0 Å². The van der Waals surface area contributed by atoms with Crippen LogP contribution >= 0.6 is 11.6 Å². The molecule has 0 amide bonds. The fourth-order valence-corrected chi connectivity index (χ4v) is 2.78. The molecule has 1 aliphatic rings. The van der Waals surface area contributed by atoms with Gasteiger partial charge in [0.1, 0.15) is 5.52 Å². The van der Waals surface area contributed by atoms with E-state index in [0.29, 0.717) is 10.6 Å². The molecule has 0 radical (unpaired) electrons. The Hall–Kier alpha value is -1.06. The summed E-state index contributed by atoms with van der Waals surface area (Å²) in [5.41, 5.74) is 2.63. The minimum atomic E-state index is 0.274. The van der Waals surface area contributed by atoms with Gasteiger partial charge in [0.15, 0.2) is 11.5 Å². The SMILES string of the molecule is C1CCCC1.CNCc1cc(Cl)c2oc(C(C)C)nc2c1. The Kier molecular flexibility index (Phi) is 6.07. The fraction of sp³-hybridized carbons (Fsp3) is 0.588. The molecule has 0 unspecified atom stereocenters. The normalized spacial score (nSPS) is 14.5. The van der Waals surface area contributed by atoms with E-state index in [9.17, 15) is 0 Å². The van der Waals surface area contributed by atoms with Gasteiger partial charge in [-0.3, -0.25) is 0 Å². The standard InChI is InChI=1S/C12H15ClN2O.C5H10/c1-7(2)12-15-10-5-8(6-14-3)4-9(13)11(10)16-12;1-2-4-5-3-1/h4-5,7,14H,6H2,1-3H3;1-5H2. The Morgan fingerprint density at radius 3 is 2.33 bits per heavy atom. The molecule has 1 aliphatic carbocycles. The van der Waals surface area contributed by atoms with E-state index >= 15 is 0 Å². The lowest BCUT2D eigenvalue weighted by Gasteiger charge is -2.00. The minimum Gasteiger partial charge on any atom is -0.439 e. The van der Waals surface area contributed by atoms with Crippen LogP contribution in [0.5, 0.6) is 0 Å². The summed E-state index contributed by atoms with van der Waals surface area (Å²) in [5.74, 6) is 1.01. The number of hydrogen-bond acceptors (Lipinski definition) is 3. The molecule has 1 heterocycles. The maximum atomic E-state index is 6.15. The van der Waals surface area contributed by atoms with E-state index in [-0.39, 0.29) is 5.92 Å². The number of benzene rings is 1. The second-order valence-corrected chi connectivity index (χ2v) is 6.34. The number of rotatable bonds is 3. The molecule has 21 heavy (non-hydrogen) atoms. The van der Waals surface area contributed by atoms with Crippen LogP contribution in [-0.4, -0.2) is 12.0 Å². The predicted molar refractivity (Wildman–Crippen MR) is 89.0 cm³/mol. The van der Waals surface area contributed by atoms with E-state index in [1.165, 1.54) is 32.1 Å². The zero-order chi connectivity index (χ0) is 15.2. The number of nitrogens with one attached hydrogen (secondary N) is 1. The van der Waals surface area contributed by atoms with Crippen LogP contribution in [0.25, 0.3) is 11.1 Å². The van der Waals surface area contributed by atoms with Crippen LogP contribution in [0, 0.1) is 0 Å². The van der Waals surface area contributed by atoms with Crippen LogP contribution in [0.4, 0.5) is 0 Å². The Bertz CT molecular complexity index is 566. The van der Waals surface area contributed by atoms with E-state index in [4.69, 9.17) is 16.0 Å². The van der Waals surface area contributed by atoms with Gasteiger partial charge in [0.05, 0.1) is 5.02 Å². The molecule has 116 valence electrons. The zero-order valence-corrected chi connectivity index (χ0v) is 14.0. The number of nitrogens with zero attached hydrogens (tertiary/aromatic N) is 1. The van der Waals surface area contributed by atoms with Gasteiger partial charge in [-0.1, -0.05) is 57.6 Å². The van der Waals surface area contributed by atoms with Gasteiger partial charge in [-0.05, 0) is 24.7 Å². The molecule has 1 saturated carbocycles. The average molecular weight is 309 g/mol. The number of aromatic nitrogens is 1. The first-order chi connectivity index (χ1) is 10.1. The van der Waals surface area contributed by atoms with Crippen molar-refractivity contribution in [2.24, 2.45) is 0 Å². The molecule has 0 saturated heterocycles. The predicted octanol–water partition coefficient (Wildman–Crippen LogP) is 5.27. The van der Waals surface area contributed by atoms with Crippen molar-refractivity contribution in [3.8, 4) is 0 Å². The molecule has 1 N–H and O–H groups in total. The topological polar surface area (TPSA) is 38.1 Å². The summed E-state index contributed by atoms with van der Waals surface area (Å²) >= 11 is 6.15. The summed E-state index contributed by atoms with van der Waals surface area (Å²) in [6, 6.07) is 3.92. The Morgan fingerprint density at radius 1 is 1.19 bits per heavy atom. The van der Waals surface area contributed by atoms with Gasteiger partial charge in [0.2, 0.25) is 0 Å². The van der Waals surface area contributed by atoms with Gasteiger partial charge >= 0.3 is 0 Å². The Morgan fingerprint density at radius 2 is 1.81 bits per heavy atom. The van der Waals surface area contributed by atoms with Crippen molar-refractivity contribution in [1.29, 1.82) is 0 Å². The number of halogens is 1. The summed E-state index contributed by atoms with van der Waals surface area (Å²) in [4.78, 5) is 4.44. The summed E-state index contributed by atoms with van der Waals surface area (Å²) < 4.78 is 5.63. The zero-order valence-electron chi connectivity index (χ0n) is 13.2. The van der Waals surface area contributed by atoms with Crippen molar-refractivity contribution in [2.45, 2.75) is 58.4 Å². The van der Waals surface area contributed by atoms with Crippen LogP contribution in [-0.2, 0) is 6.54 Å². The Labute approximate surface area is 132 Å².